The minimum absolute atomic E-state index is 0. The molecule has 2 nitrogen and oxygen atoms in total. The zero-order valence-corrected chi connectivity index (χ0v) is 29.4. The second kappa shape index (κ2) is 17.7. The van der Waals surface area contributed by atoms with Crippen LogP contribution in [0.3, 0.4) is 0 Å². The third kappa shape index (κ3) is 9.59. The van der Waals surface area contributed by atoms with E-state index >= 15 is 0 Å². The molecular weight excluding hydrogens is 878 g/mol. The maximum Gasteiger partial charge on any atom is 0 e. The van der Waals surface area contributed by atoms with Crippen molar-refractivity contribution in [2.24, 2.45) is 0 Å². The summed E-state index contributed by atoms with van der Waals surface area (Å²) in [6, 6.07) is 23.1. The smallest absolute Gasteiger partial charge is 0 e. The molecule has 0 aliphatic heterocycles. The number of fused-ring (bicyclic) bond motifs is 5. The van der Waals surface area contributed by atoms with E-state index in [1.165, 1.54) is 70.5 Å². The zero-order chi connectivity index (χ0) is 28.5. The van der Waals surface area contributed by atoms with Gasteiger partial charge in [-0.25, -0.2) is 0 Å². The predicted molar refractivity (Wildman–Crippen MR) is 169 cm³/mol. The van der Waals surface area contributed by atoms with Crippen molar-refractivity contribution >= 4 is 5.57 Å². The summed E-state index contributed by atoms with van der Waals surface area (Å²) in [5.41, 5.74) is 12.9. The Morgan fingerprint density at radius 2 is 1.21 bits per heavy atom. The van der Waals surface area contributed by atoms with E-state index in [4.69, 9.17) is 12.8 Å². The van der Waals surface area contributed by atoms with Gasteiger partial charge in [-0.05, 0) is 112 Å². The molecule has 0 bridgehead atoms. The van der Waals surface area contributed by atoms with Crippen LogP contribution in [0.15, 0.2) is 84.0 Å². The summed E-state index contributed by atoms with van der Waals surface area (Å²) in [4.78, 5) is 4.46. The van der Waals surface area contributed by atoms with E-state index in [0.717, 1.165) is 36.8 Å². The average molecular weight is 919 g/mol. The van der Waals surface area contributed by atoms with Crippen molar-refractivity contribution in [2.75, 3.05) is 41.3 Å². The quantitative estimate of drug-likeness (QED) is 0.0894. The Balaban J connectivity index is 0.000000221. The van der Waals surface area contributed by atoms with Crippen molar-refractivity contribution in [3.05, 3.63) is 125 Å². The molecule has 0 aromatic heterocycles. The first-order chi connectivity index (χ1) is 19.4. The van der Waals surface area contributed by atoms with Gasteiger partial charge < -0.3 is 22.6 Å². The first-order valence-corrected chi connectivity index (χ1v) is 14.3. The fourth-order valence-electron chi connectivity index (χ4n) is 5.54. The fraction of sp³-hybridized carbons (Fsp3) is 0.316. The standard InChI is InChI=1S/C15H11.C15H9.C8H20N2.2Au/c2*1-2-11-7-8-13-10-12-5-3-4-6-14(12)15(13)9-11;1-9(2)7-5-6-8-10(3)4;;/h3-6,9H,7-8,10H2;3-9H,10H2;5-8H2,1-4H3;;/q2*-1;;;. The molecule has 3 aromatic carbocycles. The molecule has 2 radical (unpaired) electrons. The molecule has 6 rings (SSSR count). The summed E-state index contributed by atoms with van der Waals surface area (Å²) < 4.78 is 0. The summed E-state index contributed by atoms with van der Waals surface area (Å²) >= 11 is 0. The molecule has 3 aliphatic rings. The van der Waals surface area contributed by atoms with Gasteiger partial charge in [-0.1, -0.05) is 66.6 Å². The van der Waals surface area contributed by atoms with Gasteiger partial charge in [-0.2, -0.15) is 0 Å². The van der Waals surface area contributed by atoms with E-state index in [-0.39, 0.29) is 44.8 Å². The summed E-state index contributed by atoms with van der Waals surface area (Å²) in [6.07, 6.45) is 23.3. The van der Waals surface area contributed by atoms with Gasteiger partial charge >= 0.3 is 0 Å². The predicted octanol–water partition coefficient (Wildman–Crippen LogP) is 7.39. The van der Waals surface area contributed by atoms with Crippen molar-refractivity contribution in [2.45, 2.75) is 38.5 Å². The minimum atomic E-state index is 0. The Morgan fingerprint density at radius 1 is 0.643 bits per heavy atom. The Bertz CT molecular complexity index is 1470. The fourth-order valence-corrected chi connectivity index (χ4v) is 5.54. The minimum Gasteiger partial charge on any atom is -0.366 e. The van der Waals surface area contributed by atoms with E-state index in [1.54, 1.807) is 0 Å². The van der Waals surface area contributed by atoms with Crippen LogP contribution >= 0.6 is 0 Å². The van der Waals surface area contributed by atoms with Crippen molar-refractivity contribution in [3.63, 3.8) is 0 Å². The van der Waals surface area contributed by atoms with E-state index in [1.807, 2.05) is 12.1 Å². The Labute approximate surface area is 285 Å². The van der Waals surface area contributed by atoms with E-state index < -0.39 is 0 Å². The van der Waals surface area contributed by atoms with Crippen LogP contribution in [0.2, 0.25) is 0 Å². The van der Waals surface area contributed by atoms with Crippen molar-refractivity contribution in [1.82, 2.24) is 9.80 Å². The Morgan fingerprint density at radius 3 is 1.81 bits per heavy atom. The molecule has 4 heteroatoms. The van der Waals surface area contributed by atoms with Crippen LogP contribution in [0.4, 0.5) is 0 Å². The van der Waals surface area contributed by atoms with Crippen molar-refractivity contribution < 1.29 is 44.8 Å². The molecule has 0 atom stereocenters. The van der Waals surface area contributed by atoms with Crippen LogP contribution in [0.1, 0.15) is 53.5 Å². The molecule has 0 saturated carbocycles. The molecule has 3 aromatic rings. The van der Waals surface area contributed by atoms with Crippen molar-refractivity contribution in [3.8, 4) is 23.0 Å². The SMILES string of the molecule is CN(C)CCCCN(C)C.[Au].[Au].[C-]#CC1=CC2=C(CC1)Cc1ccccc12.[C-]#Cc1ccc2c(c1)-c1ccccc1C2. The van der Waals surface area contributed by atoms with Crippen LogP contribution in [0.5, 0.6) is 0 Å². The normalized spacial score (nSPS) is 13.3. The number of unbranched alkanes of at least 4 members (excludes halogenated alkanes) is 1. The molecule has 3 aliphatic carbocycles. The second-order valence-electron chi connectivity index (χ2n) is 11.3. The number of hydrogen-bond acceptors (Lipinski definition) is 2. The summed E-state index contributed by atoms with van der Waals surface area (Å²) in [6.45, 7) is 2.43. The van der Waals surface area contributed by atoms with Crippen LogP contribution in [-0.2, 0) is 57.6 Å². The molecule has 226 valence electrons. The van der Waals surface area contributed by atoms with Gasteiger partial charge in [0.15, 0.2) is 0 Å². The zero-order valence-electron chi connectivity index (χ0n) is 25.1. The molecular formula is C38H40Au2N2-2. The van der Waals surface area contributed by atoms with Crippen LogP contribution in [-0.4, -0.2) is 51.1 Å². The van der Waals surface area contributed by atoms with Crippen LogP contribution in [0, 0.1) is 24.7 Å². The number of allylic oxidation sites excluding steroid dienone is 4. The van der Waals surface area contributed by atoms with Crippen molar-refractivity contribution in [1.29, 1.82) is 0 Å². The molecule has 0 N–H and O–H groups in total. The van der Waals surface area contributed by atoms with Gasteiger partial charge in [0.2, 0.25) is 0 Å². The van der Waals surface area contributed by atoms with E-state index in [9.17, 15) is 0 Å². The second-order valence-corrected chi connectivity index (χ2v) is 11.3. The first kappa shape index (κ1) is 35.9. The summed E-state index contributed by atoms with van der Waals surface area (Å²) in [5, 5.41) is 0. The third-order valence-electron chi connectivity index (χ3n) is 7.67. The largest absolute Gasteiger partial charge is 0.366 e. The van der Waals surface area contributed by atoms with Gasteiger partial charge in [0.05, 0.1) is 0 Å². The Kier molecular flexibility index (Phi) is 15.1. The monoisotopic (exact) mass is 918 g/mol. The molecule has 42 heavy (non-hydrogen) atoms. The molecule has 0 amide bonds. The van der Waals surface area contributed by atoms with Gasteiger partial charge in [0, 0.05) is 44.8 Å². The maximum atomic E-state index is 7.19. The number of rotatable bonds is 5. The van der Waals surface area contributed by atoms with E-state index in [0.29, 0.717) is 0 Å². The number of nitrogens with zero attached hydrogens (tertiary/aromatic N) is 2. The Hall–Kier alpha value is -2.34. The average Bonchev–Trinajstić information content (AvgIpc) is 3.53. The van der Waals surface area contributed by atoms with E-state index in [2.05, 4.69) is 111 Å². The summed E-state index contributed by atoms with van der Waals surface area (Å²) in [7, 11) is 8.48. The van der Waals surface area contributed by atoms with Gasteiger partial charge in [-0.15, -0.1) is 29.3 Å². The molecule has 0 spiro atoms. The topological polar surface area (TPSA) is 6.48 Å². The summed E-state index contributed by atoms with van der Waals surface area (Å²) in [5.74, 6) is 4.96. The van der Waals surface area contributed by atoms with Gasteiger partial charge in [-0.3, -0.25) is 11.8 Å². The van der Waals surface area contributed by atoms with Gasteiger partial charge in [0.25, 0.3) is 0 Å². The first-order valence-electron chi connectivity index (χ1n) is 14.3. The van der Waals surface area contributed by atoms with Crippen LogP contribution < -0.4 is 0 Å². The number of benzene rings is 3. The molecule has 0 saturated heterocycles. The number of hydrogen-bond donors (Lipinski definition) is 0. The molecule has 0 fully saturated rings. The third-order valence-corrected chi connectivity index (χ3v) is 7.67. The van der Waals surface area contributed by atoms with Gasteiger partial charge in [0.1, 0.15) is 0 Å². The molecule has 0 unspecified atom stereocenters. The van der Waals surface area contributed by atoms with Crippen LogP contribution in [0.25, 0.3) is 16.7 Å². The maximum absolute atomic E-state index is 7.19. The molecule has 0 heterocycles.